The number of rotatable bonds is 4. The number of nitrogens with zero attached hydrogens (tertiary/aromatic N) is 1. The molecule has 4 nitrogen and oxygen atoms in total. The predicted octanol–water partition coefficient (Wildman–Crippen LogP) is 4.82. The van der Waals surface area contributed by atoms with Gasteiger partial charge >= 0.3 is 0 Å². The van der Waals surface area contributed by atoms with Crippen molar-refractivity contribution in [2.24, 2.45) is 5.92 Å². The molecular weight excluding hydrogens is 360 g/mol. The van der Waals surface area contributed by atoms with E-state index in [2.05, 4.69) is 12.2 Å². The molecule has 1 aliphatic rings. The second kappa shape index (κ2) is 7.73. The molecule has 1 atom stereocenters. The maximum Gasteiger partial charge on any atom is 0.229 e. The van der Waals surface area contributed by atoms with Crippen LogP contribution >= 0.6 is 11.6 Å². The lowest BCUT2D eigenvalue weighted by molar-refractivity contribution is -0.122. The third kappa shape index (κ3) is 3.86. The summed E-state index contributed by atoms with van der Waals surface area (Å²) in [6, 6.07) is 9.86. The average molecular weight is 385 g/mol. The molecular formula is C22H25ClN2O2. The van der Waals surface area contributed by atoms with Gasteiger partial charge in [0.15, 0.2) is 0 Å². The molecule has 0 spiro atoms. The summed E-state index contributed by atoms with van der Waals surface area (Å²) in [7, 11) is 0. The Morgan fingerprint density at radius 3 is 2.63 bits per heavy atom. The molecule has 27 heavy (non-hydrogen) atoms. The number of aryl methyl sites for hydroxylation is 4. The summed E-state index contributed by atoms with van der Waals surface area (Å²) >= 11 is 6.31. The van der Waals surface area contributed by atoms with Crippen molar-refractivity contribution in [2.45, 2.75) is 40.5 Å². The smallest absolute Gasteiger partial charge is 0.229 e. The van der Waals surface area contributed by atoms with Crippen molar-refractivity contribution in [1.82, 2.24) is 0 Å². The molecule has 142 valence electrons. The fraction of sp³-hybridized carbons (Fsp3) is 0.364. The van der Waals surface area contributed by atoms with E-state index in [1.165, 1.54) is 0 Å². The zero-order valence-corrected chi connectivity index (χ0v) is 17.0. The van der Waals surface area contributed by atoms with Crippen molar-refractivity contribution < 1.29 is 9.59 Å². The Hall–Kier alpha value is -2.33. The van der Waals surface area contributed by atoms with Crippen molar-refractivity contribution >= 4 is 34.8 Å². The second-order valence-corrected chi connectivity index (χ2v) is 7.68. The number of para-hydroxylation sites is 1. The Kier molecular flexibility index (Phi) is 5.56. The highest BCUT2D eigenvalue weighted by Crippen LogP contribution is 2.33. The largest absolute Gasteiger partial charge is 0.324 e. The molecule has 0 saturated carbocycles. The minimum atomic E-state index is -0.390. The maximum atomic E-state index is 12.8. The van der Waals surface area contributed by atoms with Crippen LogP contribution in [0.15, 0.2) is 30.3 Å². The number of halogens is 1. The van der Waals surface area contributed by atoms with Gasteiger partial charge in [-0.25, -0.2) is 0 Å². The standard InChI is InChI=1S/C22H25ClN2O2/c1-5-16-8-6-7-14(3)21(16)25-12-17(11-19(25)26)22(27)24-20-15(4)9-13(2)10-18(20)23/h6-10,17H,5,11-12H2,1-4H3,(H,24,27). The van der Waals surface area contributed by atoms with Crippen molar-refractivity contribution in [3.8, 4) is 0 Å². The van der Waals surface area contributed by atoms with Gasteiger partial charge in [-0.15, -0.1) is 0 Å². The monoisotopic (exact) mass is 384 g/mol. The molecule has 1 saturated heterocycles. The normalized spacial score (nSPS) is 16.7. The van der Waals surface area contributed by atoms with Crippen LogP contribution in [0.25, 0.3) is 0 Å². The van der Waals surface area contributed by atoms with E-state index in [4.69, 9.17) is 11.6 Å². The van der Waals surface area contributed by atoms with Gasteiger partial charge in [0.2, 0.25) is 11.8 Å². The highest BCUT2D eigenvalue weighted by atomic mass is 35.5. The summed E-state index contributed by atoms with van der Waals surface area (Å²) in [4.78, 5) is 27.2. The van der Waals surface area contributed by atoms with Crippen molar-refractivity contribution in [3.05, 3.63) is 57.6 Å². The summed E-state index contributed by atoms with van der Waals surface area (Å²) < 4.78 is 0. The Balaban J connectivity index is 1.81. The fourth-order valence-electron chi connectivity index (χ4n) is 3.79. The summed E-state index contributed by atoms with van der Waals surface area (Å²) in [6.45, 7) is 8.35. The molecule has 0 radical (unpaired) electrons. The summed E-state index contributed by atoms with van der Waals surface area (Å²) in [5, 5.41) is 3.46. The third-order valence-electron chi connectivity index (χ3n) is 5.15. The number of hydrogen-bond acceptors (Lipinski definition) is 2. The van der Waals surface area contributed by atoms with Gasteiger partial charge in [0, 0.05) is 18.7 Å². The molecule has 1 heterocycles. The summed E-state index contributed by atoms with van der Waals surface area (Å²) in [5.74, 6) is -0.559. The molecule has 2 amide bonds. The molecule has 3 rings (SSSR count). The van der Waals surface area contributed by atoms with E-state index >= 15 is 0 Å². The zero-order chi connectivity index (χ0) is 19.7. The topological polar surface area (TPSA) is 49.4 Å². The van der Waals surface area contributed by atoms with E-state index in [1.807, 2.05) is 51.1 Å². The number of carbonyl (C=O) groups excluding carboxylic acids is 2. The van der Waals surface area contributed by atoms with Crippen LogP contribution in [-0.4, -0.2) is 18.4 Å². The molecule has 0 aliphatic carbocycles. The van der Waals surface area contributed by atoms with Crippen LogP contribution in [0.1, 0.15) is 35.6 Å². The van der Waals surface area contributed by atoms with E-state index in [0.717, 1.165) is 34.4 Å². The van der Waals surface area contributed by atoms with Crippen LogP contribution in [0.3, 0.4) is 0 Å². The van der Waals surface area contributed by atoms with E-state index < -0.39 is 5.92 Å². The minimum absolute atomic E-state index is 0.00845. The first-order valence-corrected chi connectivity index (χ1v) is 9.66. The lowest BCUT2D eigenvalue weighted by Crippen LogP contribution is -2.29. The zero-order valence-electron chi connectivity index (χ0n) is 16.2. The van der Waals surface area contributed by atoms with Crippen molar-refractivity contribution in [2.75, 3.05) is 16.8 Å². The van der Waals surface area contributed by atoms with Gasteiger partial charge in [0.1, 0.15) is 0 Å². The summed E-state index contributed by atoms with van der Waals surface area (Å²) in [6.07, 6.45) is 1.06. The number of hydrogen-bond donors (Lipinski definition) is 1. The van der Waals surface area contributed by atoms with Gasteiger partial charge in [-0.1, -0.05) is 42.8 Å². The van der Waals surface area contributed by atoms with Gasteiger partial charge in [0.05, 0.1) is 16.6 Å². The van der Waals surface area contributed by atoms with E-state index in [-0.39, 0.29) is 18.2 Å². The molecule has 2 aromatic rings. The second-order valence-electron chi connectivity index (χ2n) is 7.27. The molecule has 0 aromatic heterocycles. The Morgan fingerprint density at radius 2 is 1.96 bits per heavy atom. The van der Waals surface area contributed by atoms with Gasteiger partial charge in [-0.2, -0.15) is 0 Å². The van der Waals surface area contributed by atoms with Crippen LogP contribution in [0.5, 0.6) is 0 Å². The van der Waals surface area contributed by atoms with E-state index in [1.54, 1.807) is 4.90 Å². The van der Waals surface area contributed by atoms with E-state index in [0.29, 0.717) is 17.3 Å². The van der Waals surface area contributed by atoms with Gasteiger partial charge < -0.3 is 10.2 Å². The number of benzene rings is 2. The van der Waals surface area contributed by atoms with E-state index in [9.17, 15) is 9.59 Å². The Labute approximate surface area is 165 Å². The van der Waals surface area contributed by atoms with Gasteiger partial charge in [-0.3, -0.25) is 9.59 Å². The Morgan fingerprint density at radius 1 is 1.22 bits per heavy atom. The molecule has 0 bridgehead atoms. The molecule has 2 aromatic carbocycles. The molecule has 5 heteroatoms. The van der Waals surface area contributed by atoms with Crippen molar-refractivity contribution in [1.29, 1.82) is 0 Å². The van der Waals surface area contributed by atoms with Crippen LogP contribution < -0.4 is 10.2 Å². The third-order valence-corrected chi connectivity index (χ3v) is 5.45. The first-order chi connectivity index (χ1) is 12.8. The first-order valence-electron chi connectivity index (χ1n) is 9.28. The van der Waals surface area contributed by atoms with Gasteiger partial charge in [-0.05, 0) is 55.5 Å². The quantitative estimate of drug-likeness (QED) is 0.821. The van der Waals surface area contributed by atoms with Gasteiger partial charge in [0.25, 0.3) is 0 Å². The molecule has 1 unspecified atom stereocenters. The number of amides is 2. The van der Waals surface area contributed by atoms with Crippen molar-refractivity contribution in [3.63, 3.8) is 0 Å². The van der Waals surface area contributed by atoms with Crippen LogP contribution in [0.4, 0.5) is 11.4 Å². The van der Waals surface area contributed by atoms with Crippen LogP contribution in [-0.2, 0) is 16.0 Å². The highest BCUT2D eigenvalue weighted by molar-refractivity contribution is 6.34. The minimum Gasteiger partial charge on any atom is -0.324 e. The lowest BCUT2D eigenvalue weighted by atomic mass is 10.0. The number of nitrogens with one attached hydrogen (secondary N) is 1. The van der Waals surface area contributed by atoms with Crippen LogP contribution in [0.2, 0.25) is 5.02 Å². The molecule has 1 fully saturated rings. The highest BCUT2D eigenvalue weighted by Gasteiger charge is 2.36. The Bertz CT molecular complexity index is 884. The number of carbonyl (C=O) groups is 2. The molecule has 1 aliphatic heterocycles. The maximum absolute atomic E-state index is 12.8. The first kappa shape index (κ1) is 19.4. The summed E-state index contributed by atoms with van der Waals surface area (Å²) in [5.41, 5.74) is 5.72. The fourth-order valence-corrected chi connectivity index (χ4v) is 4.16. The predicted molar refractivity (Wildman–Crippen MR) is 111 cm³/mol. The van der Waals surface area contributed by atoms with Crippen LogP contribution in [0, 0.1) is 26.7 Å². The lowest BCUT2D eigenvalue weighted by Gasteiger charge is -2.22. The SMILES string of the molecule is CCc1cccc(C)c1N1CC(C(=O)Nc2c(C)cc(C)cc2Cl)CC1=O. The average Bonchev–Trinajstić information content (AvgIpc) is 2.99. The number of anilines is 2. The molecule has 1 N–H and O–H groups in total.